The standard InChI is InChI=1S/C23H17F4N3O/c1-14-10-17(19-12-29-22(30-19)16-3-6-18(24)7-4-16)5-8-20(14)31-13-15-2-9-21(28-11-15)23(25,26)27/h2-12H,13H2,1H3,(H,29,30). The van der Waals surface area contributed by atoms with Crippen molar-refractivity contribution >= 4 is 0 Å². The van der Waals surface area contributed by atoms with Crippen LogP contribution in [0.1, 0.15) is 16.8 Å². The molecule has 158 valence electrons. The Morgan fingerprint density at radius 2 is 1.65 bits per heavy atom. The molecule has 0 spiro atoms. The summed E-state index contributed by atoms with van der Waals surface area (Å²) in [5.74, 6) is 0.929. The van der Waals surface area contributed by atoms with Gasteiger partial charge in [-0.2, -0.15) is 13.2 Å². The molecule has 1 N–H and O–H groups in total. The van der Waals surface area contributed by atoms with Crippen molar-refractivity contribution in [3.05, 3.63) is 89.6 Å². The maximum atomic E-state index is 13.1. The molecule has 0 atom stereocenters. The summed E-state index contributed by atoms with van der Waals surface area (Å²) in [6.07, 6.45) is -1.61. The van der Waals surface area contributed by atoms with Gasteiger partial charge >= 0.3 is 6.18 Å². The summed E-state index contributed by atoms with van der Waals surface area (Å²) in [5, 5.41) is 0. The predicted molar refractivity (Wildman–Crippen MR) is 108 cm³/mol. The van der Waals surface area contributed by atoms with Crippen molar-refractivity contribution in [1.29, 1.82) is 0 Å². The third-order valence-corrected chi connectivity index (χ3v) is 4.69. The molecule has 0 amide bonds. The second kappa shape index (κ2) is 8.22. The number of imidazole rings is 1. The van der Waals surface area contributed by atoms with Gasteiger partial charge in [-0.3, -0.25) is 4.98 Å². The SMILES string of the molecule is Cc1cc(-c2cnc(-c3ccc(F)cc3)[nH]2)ccc1OCc1ccc(C(F)(F)F)nc1. The van der Waals surface area contributed by atoms with E-state index in [1.54, 1.807) is 24.4 Å². The summed E-state index contributed by atoms with van der Waals surface area (Å²) in [7, 11) is 0. The summed E-state index contributed by atoms with van der Waals surface area (Å²) in [6, 6.07) is 13.9. The lowest BCUT2D eigenvalue weighted by molar-refractivity contribution is -0.141. The first-order valence-electron chi connectivity index (χ1n) is 9.36. The first kappa shape index (κ1) is 20.6. The number of aromatic amines is 1. The first-order chi connectivity index (χ1) is 14.8. The van der Waals surface area contributed by atoms with Gasteiger partial charge in [0.1, 0.15) is 29.7 Å². The fourth-order valence-electron chi connectivity index (χ4n) is 3.04. The summed E-state index contributed by atoms with van der Waals surface area (Å²) in [6.45, 7) is 1.98. The Kier molecular flexibility index (Phi) is 5.46. The van der Waals surface area contributed by atoms with Crippen LogP contribution in [0.3, 0.4) is 0 Å². The Morgan fingerprint density at radius 3 is 2.29 bits per heavy atom. The van der Waals surface area contributed by atoms with Crippen molar-refractivity contribution in [3.63, 3.8) is 0 Å². The molecule has 0 aliphatic carbocycles. The second-order valence-electron chi connectivity index (χ2n) is 6.97. The minimum Gasteiger partial charge on any atom is -0.489 e. The summed E-state index contributed by atoms with van der Waals surface area (Å²) < 4.78 is 56.6. The number of alkyl halides is 3. The van der Waals surface area contributed by atoms with Crippen molar-refractivity contribution in [2.24, 2.45) is 0 Å². The van der Waals surface area contributed by atoms with Gasteiger partial charge in [0.05, 0.1) is 11.9 Å². The predicted octanol–water partition coefficient (Wildman–Crippen LogP) is 6.18. The highest BCUT2D eigenvalue weighted by Crippen LogP contribution is 2.29. The topological polar surface area (TPSA) is 50.8 Å². The van der Waals surface area contributed by atoms with Crippen LogP contribution < -0.4 is 4.74 Å². The van der Waals surface area contributed by atoms with Gasteiger partial charge in [0.25, 0.3) is 0 Å². The maximum absolute atomic E-state index is 13.1. The Hall–Kier alpha value is -3.68. The van der Waals surface area contributed by atoms with Crippen LogP contribution in [-0.4, -0.2) is 15.0 Å². The largest absolute Gasteiger partial charge is 0.489 e. The number of aryl methyl sites for hydroxylation is 1. The van der Waals surface area contributed by atoms with E-state index in [1.165, 1.54) is 18.2 Å². The maximum Gasteiger partial charge on any atom is 0.433 e. The Labute approximate surface area is 175 Å². The Bertz CT molecular complexity index is 1180. The third-order valence-electron chi connectivity index (χ3n) is 4.69. The van der Waals surface area contributed by atoms with Crippen molar-refractivity contribution in [2.45, 2.75) is 19.7 Å². The van der Waals surface area contributed by atoms with Gasteiger partial charge in [0, 0.05) is 22.9 Å². The number of aromatic nitrogens is 3. The van der Waals surface area contributed by atoms with E-state index in [9.17, 15) is 17.6 Å². The normalized spacial score (nSPS) is 11.5. The molecule has 0 aliphatic heterocycles. The van der Waals surface area contributed by atoms with Gasteiger partial charge < -0.3 is 9.72 Å². The number of ether oxygens (including phenoxy) is 1. The number of pyridine rings is 1. The monoisotopic (exact) mass is 427 g/mol. The van der Waals surface area contributed by atoms with Gasteiger partial charge in [-0.1, -0.05) is 6.07 Å². The molecule has 31 heavy (non-hydrogen) atoms. The lowest BCUT2D eigenvalue weighted by Crippen LogP contribution is -2.08. The molecule has 0 saturated carbocycles. The van der Waals surface area contributed by atoms with E-state index < -0.39 is 11.9 Å². The van der Waals surface area contributed by atoms with Crippen LogP contribution in [0.4, 0.5) is 17.6 Å². The fraction of sp³-hybridized carbons (Fsp3) is 0.130. The Balaban J connectivity index is 1.45. The lowest BCUT2D eigenvalue weighted by atomic mass is 10.1. The zero-order valence-electron chi connectivity index (χ0n) is 16.4. The average Bonchev–Trinajstić information content (AvgIpc) is 3.23. The van der Waals surface area contributed by atoms with E-state index in [0.717, 1.165) is 34.6 Å². The molecular formula is C23H17F4N3O. The van der Waals surface area contributed by atoms with Crippen molar-refractivity contribution in [1.82, 2.24) is 15.0 Å². The van der Waals surface area contributed by atoms with E-state index in [2.05, 4.69) is 15.0 Å². The fourth-order valence-corrected chi connectivity index (χ4v) is 3.04. The number of hydrogen-bond acceptors (Lipinski definition) is 3. The quantitative estimate of drug-likeness (QED) is 0.387. The molecule has 4 rings (SSSR count). The van der Waals surface area contributed by atoms with E-state index in [-0.39, 0.29) is 12.4 Å². The minimum atomic E-state index is -4.46. The molecule has 0 radical (unpaired) electrons. The van der Waals surface area contributed by atoms with E-state index in [4.69, 9.17) is 4.74 Å². The minimum absolute atomic E-state index is 0.101. The molecule has 4 nitrogen and oxygen atoms in total. The highest BCUT2D eigenvalue weighted by Gasteiger charge is 2.32. The molecule has 0 saturated heterocycles. The van der Waals surface area contributed by atoms with Crippen molar-refractivity contribution in [2.75, 3.05) is 0 Å². The number of halogens is 4. The van der Waals surface area contributed by atoms with Gasteiger partial charge in [-0.15, -0.1) is 0 Å². The van der Waals surface area contributed by atoms with Crippen LogP contribution in [-0.2, 0) is 12.8 Å². The highest BCUT2D eigenvalue weighted by molar-refractivity contribution is 5.66. The number of nitrogens with zero attached hydrogens (tertiary/aromatic N) is 2. The third kappa shape index (κ3) is 4.74. The van der Waals surface area contributed by atoms with Crippen molar-refractivity contribution < 1.29 is 22.3 Å². The number of benzene rings is 2. The Morgan fingerprint density at radius 1 is 0.903 bits per heavy atom. The van der Waals surface area contributed by atoms with E-state index in [1.807, 2.05) is 19.1 Å². The first-order valence-corrected chi connectivity index (χ1v) is 9.36. The van der Waals surface area contributed by atoms with Gasteiger partial charge in [0.15, 0.2) is 0 Å². The van der Waals surface area contributed by atoms with Gasteiger partial charge in [-0.25, -0.2) is 9.37 Å². The lowest BCUT2D eigenvalue weighted by Gasteiger charge is -2.11. The second-order valence-corrected chi connectivity index (χ2v) is 6.97. The number of rotatable bonds is 5. The van der Waals surface area contributed by atoms with Crippen LogP contribution in [0, 0.1) is 12.7 Å². The van der Waals surface area contributed by atoms with Crippen LogP contribution in [0.25, 0.3) is 22.6 Å². The molecule has 0 bridgehead atoms. The molecule has 0 unspecified atom stereocenters. The summed E-state index contributed by atoms with van der Waals surface area (Å²) >= 11 is 0. The van der Waals surface area contributed by atoms with Gasteiger partial charge in [-0.05, 0) is 61.0 Å². The van der Waals surface area contributed by atoms with E-state index >= 15 is 0 Å². The van der Waals surface area contributed by atoms with E-state index in [0.29, 0.717) is 17.1 Å². The van der Waals surface area contributed by atoms with Crippen LogP contribution >= 0.6 is 0 Å². The molecule has 8 heteroatoms. The summed E-state index contributed by atoms with van der Waals surface area (Å²) in [4.78, 5) is 11.0. The zero-order valence-corrected chi connectivity index (χ0v) is 16.4. The number of H-pyrrole nitrogens is 1. The van der Waals surface area contributed by atoms with Crippen molar-refractivity contribution in [3.8, 4) is 28.4 Å². The molecule has 2 heterocycles. The molecule has 0 aliphatic rings. The molecule has 0 fully saturated rings. The molecule has 4 aromatic rings. The summed E-state index contributed by atoms with van der Waals surface area (Å²) in [5.41, 5.74) is 2.91. The van der Waals surface area contributed by atoms with Crippen LogP contribution in [0.5, 0.6) is 5.75 Å². The number of hydrogen-bond donors (Lipinski definition) is 1. The highest BCUT2D eigenvalue weighted by atomic mass is 19.4. The zero-order chi connectivity index (χ0) is 22.0. The molecular weight excluding hydrogens is 410 g/mol. The van der Waals surface area contributed by atoms with Gasteiger partial charge in [0.2, 0.25) is 0 Å². The van der Waals surface area contributed by atoms with Crippen LogP contribution in [0.2, 0.25) is 0 Å². The molecule has 2 aromatic carbocycles. The van der Waals surface area contributed by atoms with Crippen LogP contribution in [0.15, 0.2) is 67.0 Å². The smallest absolute Gasteiger partial charge is 0.433 e. The molecule has 2 aromatic heterocycles. The average molecular weight is 427 g/mol. The number of nitrogens with one attached hydrogen (secondary N) is 1.